The van der Waals surface area contributed by atoms with E-state index in [1.54, 1.807) is 13.2 Å². The summed E-state index contributed by atoms with van der Waals surface area (Å²) in [5.41, 5.74) is 7.61. The molecule has 46 heavy (non-hydrogen) atoms. The minimum Gasteiger partial charge on any atom is -0.497 e. The average molecular weight is 615 g/mol. The third kappa shape index (κ3) is 6.48. The van der Waals surface area contributed by atoms with E-state index in [2.05, 4.69) is 54.9 Å². The van der Waals surface area contributed by atoms with Crippen LogP contribution in [0.1, 0.15) is 56.6 Å². The van der Waals surface area contributed by atoms with Gasteiger partial charge in [0.05, 0.1) is 18.1 Å². The second kappa shape index (κ2) is 13.4. The maximum Gasteiger partial charge on any atom is 0.270 e. The highest BCUT2D eigenvalue weighted by atomic mass is 16.5. The van der Waals surface area contributed by atoms with Crippen molar-refractivity contribution in [1.29, 1.82) is 0 Å². The minimum atomic E-state index is -0.325. The highest BCUT2D eigenvalue weighted by Crippen LogP contribution is 2.27. The molecule has 0 aliphatic carbocycles. The number of rotatable bonds is 11. The number of aryl methyl sites for hydroxylation is 2. The highest BCUT2D eigenvalue weighted by Gasteiger charge is 2.18. The van der Waals surface area contributed by atoms with Gasteiger partial charge in [0, 0.05) is 30.6 Å². The van der Waals surface area contributed by atoms with E-state index in [4.69, 9.17) is 9.72 Å². The molecule has 0 aliphatic rings. The molecule has 0 bridgehead atoms. The van der Waals surface area contributed by atoms with Gasteiger partial charge in [-0.15, -0.1) is 5.10 Å². The molecule has 6 aromatic rings. The number of tetrazole rings is 1. The molecule has 3 N–H and O–H groups in total. The number of amides is 2. The maximum atomic E-state index is 13.3. The molecule has 11 heteroatoms. The van der Waals surface area contributed by atoms with Crippen molar-refractivity contribution in [3.8, 4) is 16.9 Å². The molecular formula is C35H34N8O3. The van der Waals surface area contributed by atoms with Crippen LogP contribution in [0.25, 0.3) is 22.2 Å². The van der Waals surface area contributed by atoms with Gasteiger partial charge in [0.2, 0.25) is 0 Å². The normalized spacial score (nSPS) is 11.0. The number of aromatic amines is 1. The fraction of sp³-hybridized carbons (Fsp3) is 0.200. The number of imidazole rings is 1. The first-order chi connectivity index (χ1) is 22.4. The van der Waals surface area contributed by atoms with Crippen LogP contribution in [0.4, 0.5) is 5.95 Å². The van der Waals surface area contributed by atoms with Gasteiger partial charge in [0.1, 0.15) is 11.6 Å². The zero-order chi connectivity index (χ0) is 32.0. The zero-order valence-electron chi connectivity index (χ0n) is 25.9. The molecule has 11 nitrogen and oxygen atoms in total. The predicted molar refractivity (Wildman–Crippen MR) is 176 cm³/mol. The van der Waals surface area contributed by atoms with Gasteiger partial charge in [0.15, 0.2) is 0 Å². The van der Waals surface area contributed by atoms with Crippen molar-refractivity contribution in [2.75, 3.05) is 12.4 Å². The molecule has 0 aliphatic heterocycles. The Hall–Kier alpha value is -5.84. The second-order valence-corrected chi connectivity index (χ2v) is 11.0. The van der Waals surface area contributed by atoms with Gasteiger partial charge in [-0.3, -0.25) is 14.9 Å². The van der Waals surface area contributed by atoms with Gasteiger partial charge in [-0.1, -0.05) is 66.6 Å². The lowest BCUT2D eigenvalue weighted by Gasteiger charge is -2.13. The van der Waals surface area contributed by atoms with E-state index in [1.165, 1.54) is 0 Å². The number of hydrogen-bond donors (Lipinski definition) is 3. The Labute approximate surface area is 266 Å². The van der Waals surface area contributed by atoms with Gasteiger partial charge in [-0.25, -0.2) is 4.98 Å². The van der Waals surface area contributed by atoms with Gasteiger partial charge < -0.3 is 14.6 Å². The maximum absolute atomic E-state index is 13.3. The van der Waals surface area contributed by atoms with Crippen molar-refractivity contribution < 1.29 is 14.3 Å². The lowest BCUT2D eigenvalue weighted by Crippen LogP contribution is -2.23. The van der Waals surface area contributed by atoms with Crippen LogP contribution >= 0.6 is 0 Å². The highest BCUT2D eigenvalue weighted by molar-refractivity contribution is 6.08. The van der Waals surface area contributed by atoms with Crippen molar-refractivity contribution in [2.45, 2.75) is 39.8 Å². The number of fused-ring (bicyclic) bond motifs is 1. The van der Waals surface area contributed by atoms with Crippen molar-refractivity contribution >= 4 is 28.8 Å². The summed E-state index contributed by atoms with van der Waals surface area (Å²) in [7, 11) is 1.63. The molecule has 0 saturated carbocycles. The molecular weight excluding hydrogens is 580 g/mol. The van der Waals surface area contributed by atoms with Crippen molar-refractivity contribution in [3.63, 3.8) is 0 Å². The number of aromatic nitrogens is 6. The molecule has 4 aromatic carbocycles. The number of methoxy groups -OCH3 is 1. The van der Waals surface area contributed by atoms with Crippen LogP contribution in [-0.4, -0.2) is 49.1 Å². The topological polar surface area (TPSA) is 140 Å². The quantitative estimate of drug-likeness (QED) is 0.170. The number of ether oxygens (including phenoxy) is 1. The summed E-state index contributed by atoms with van der Waals surface area (Å²) in [5.74, 6) is 1.39. The van der Waals surface area contributed by atoms with Crippen LogP contribution in [0.5, 0.6) is 5.75 Å². The number of benzene rings is 4. The summed E-state index contributed by atoms with van der Waals surface area (Å²) in [6.45, 7) is 5.13. The molecule has 232 valence electrons. The number of carbonyl (C=O) groups excluding carboxylic acids is 2. The predicted octanol–water partition coefficient (Wildman–Crippen LogP) is 5.72. The van der Waals surface area contributed by atoms with E-state index < -0.39 is 0 Å². The molecule has 6 rings (SSSR count). The number of hydrogen-bond acceptors (Lipinski definition) is 7. The zero-order valence-corrected chi connectivity index (χ0v) is 25.9. The van der Waals surface area contributed by atoms with Crippen LogP contribution in [0.15, 0.2) is 84.9 Å². The minimum absolute atomic E-state index is 0.110. The largest absolute Gasteiger partial charge is 0.497 e. The van der Waals surface area contributed by atoms with Gasteiger partial charge in [0.25, 0.3) is 17.8 Å². The monoisotopic (exact) mass is 614 g/mol. The summed E-state index contributed by atoms with van der Waals surface area (Å²) in [4.78, 5) is 31.2. The summed E-state index contributed by atoms with van der Waals surface area (Å²) in [6, 6.07) is 27.0. The average Bonchev–Trinajstić information content (AvgIpc) is 3.72. The molecule has 2 amide bonds. The number of nitrogens with zero attached hydrogens (tertiary/aromatic N) is 5. The number of carbonyl (C=O) groups is 2. The lowest BCUT2D eigenvalue weighted by molar-refractivity contribution is 0.0950. The first kappa shape index (κ1) is 30.2. The molecule has 0 unspecified atom stereocenters. The lowest BCUT2D eigenvalue weighted by atomic mass is 9.98. The third-order valence-electron chi connectivity index (χ3n) is 7.82. The molecule has 0 radical (unpaired) electrons. The third-order valence-corrected chi connectivity index (χ3v) is 7.82. The van der Waals surface area contributed by atoms with E-state index in [1.807, 2.05) is 73.7 Å². The SMILES string of the molecule is CCCc1nc2c(C)cc(C(=O)NCc3ccc(OC)cc3)cc2n1Cc1ccc(-c2ccccc2C(=O)Nc2nn[nH]n2)cc1. The van der Waals surface area contributed by atoms with Crippen LogP contribution in [0.2, 0.25) is 0 Å². The molecule has 0 spiro atoms. The van der Waals surface area contributed by atoms with Crippen LogP contribution in [0, 0.1) is 6.92 Å². The molecule has 2 heterocycles. The van der Waals surface area contributed by atoms with Gasteiger partial charge in [-0.2, -0.15) is 5.21 Å². The van der Waals surface area contributed by atoms with Crippen LogP contribution in [-0.2, 0) is 19.5 Å². The van der Waals surface area contributed by atoms with E-state index >= 15 is 0 Å². The Balaban J connectivity index is 1.25. The standard InChI is InChI=1S/C35H34N8O3/c1-4-7-31-37-32-22(2)18-26(33(44)36-20-23-12-16-27(46-3)17-13-23)19-30(32)43(31)21-24-10-14-25(15-11-24)28-8-5-6-9-29(28)34(45)38-35-39-41-42-40-35/h5-6,8-19H,4,7,20-21H2,1-3H3,(H,36,44)(H2,38,39,40,41,42,45). The Bertz CT molecular complexity index is 1980. The van der Waals surface area contributed by atoms with Crippen molar-refractivity contribution in [3.05, 3.63) is 119 Å². The Morgan fingerprint density at radius 1 is 0.935 bits per heavy atom. The Morgan fingerprint density at radius 3 is 2.41 bits per heavy atom. The molecule has 0 saturated heterocycles. The summed E-state index contributed by atoms with van der Waals surface area (Å²) in [5, 5.41) is 19.1. The Morgan fingerprint density at radius 2 is 1.70 bits per heavy atom. The number of H-pyrrole nitrogens is 1. The van der Waals surface area contributed by atoms with E-state index in [0.717, 1.165) is 63.3 Å². The smallest absolute Gasteiger partial charge is 0.270 e. The summed E-state index contributed by atoms with van der Waals surface area (Å²) in [6.07, 6.45) is 1.76. The first-order valence-electron chi connectivity index (χ1n) is 15.1. The van der Waals surface area contributed by atoms with Crippen LogP contribution in [0.3, 0.4) is 0 Å². The summed E-state index contributed by atoms with van der Waals surface area (Å²) < 4.78 is 7.43. The van der Waals surface area contributed by atoms with E-state index in [9.17, 15) is 9.59 Å². The van der Waals surface area contributed by atoms with Crippen molar-refractivity contribution in [1.82, 2.24) is 35.5 Å². The fourth-order valence-corrected chi connectivity index (χ4v) is 5.48. The van der Waals surface area contributed by atoms with Crippen LogP contribution < -0.4 is 15.4 Å². The molecule has 0 fully saturated rings. The van der Waals surface area contributed by atoms with Gasteiger partial charge >= 0.3 is 0 Å². The number of nitrogens with one attached hydrogen (secondary N) is 3. The first-order valence-corrected chi connectivity index (χ1v) is 15.1. The van der Waals surface area contributed by atoms with Crippen molar-refractivity contribution in [2.24, 2.45) is 0 Å². The van der Waals surface area contributed by atoms with E-state index in [0.29, 0.717) is 24.2 Å². The molecule has 2 aromatic heterocycles. The van der Waals surface area contributed by atoms with Gasteiger partial charge in [-0.05, 0) is 76.7 Å². The Kier molecular flexibility index (Phi) is 8.82. The second-order valence-electron chi connectivity index (χ2n) is 11.0. The summed E-state index contributed by atoms with van der Waals surface area (Å²) >= 11 is 0. The number of anilines is 1. The fourth-order valence-electron chi connectivity index (χ4n) is 5.48. The van der Waals surface area contributed by atoms with E-state index in [-0.39, 0.29) is 17.8 Å². The molecule has 0 atom stereocenters.